The molecular formula is C19H14F3N5O. The molecule has 6 nitrogen and oxygen atoms in total. The second kappa shape index (κ2) is 7.84. The average molecular weight is 385 g/mol. The van der Waals surface area contributed by atoms with Crippen LogP contribution in [0.15, 0.2) is 55.1 Å². The van der Waals surface area contributed by atoms with Crippen molar-refractivity contribution < 1.29 is 18.0 Å². The fourth-order valence-corrected chi connectivity index (χ4v) is 2.44. The normalized spacial score (nSPS) is 10.9. The molecule has 0 saturated carbocycles. The Balaban J connectivity index is 1.79. The molecule has 142 valence electrons. The van der Waals surface area contributed by atoms with Crippen LogP contribution in [-0.4, -0.2) is 27.2 Å². The van der Waals surface area contributed by atoms with Crippen molar-refractivity contribution in [3.05, 3.63) is 66.2 Å². The van der Waals surface area contributed by atoms with Gasteiger partial charge < -0.3 is 10.6 Å². The van der Waals surface area contributed by atoms with Crippen LogP contribution in [0, 0.1) is 12.3 Å². The molecule has 3 rings (SSSR count). The summed E-state index contributed by atoms with van der Waals surface area (Å²) in [6.07, 6.45) is 3.34. The van der Waals surface area contributed by atoms with Gasteiger partial charge in [-0.25, -0.2) is 9.67 Å². The van der Waals surface area contributed by atoms with Gasteiger partial charge in [-0.1, -0.05) is 12.0 Å². The minimum atomic E-state index is -4.55. The molecule has 0 aliphatic carbocycles. The Bertz CT molecular complexity index is 1020. The van der Waals surface area contributed by atoms with Crippen molar-refractivity contribution in [2.45, 2.75) is 6.18 Å². The number of benzene rings is 2. The smallest absolute Gasteiger partial charge is 0.376 e. The van der Waals surface area contributed by atoms with Crippen LogP contribution in [0.25, 0.3) is 5.69 Å². The van der Waals surface area contributed by atoms with Crippen molar-refractivity contribution in [2.75, 3.05) is 17.2 Å². The molecule has 1 heterocycles. The van der Waals surface area contributed by atoms with E-state index in [1.54, 1.807) is 24.3 Å². The number of nitrogens with one attached hydrogen (secondary N) is 2. The maximum atomic E-state index is 13.0. The number of carbonyl (C=O) groups excluding carboxylic acids is 1. The standard InChI is InChI=1S/C19H14F3N5O/c1-2-13-4-3-5-15(8-13)24-10-18(28)26-16-9-14(19(20,21)22)6-7-17(16)27-12-23-11-25-27/h1,3-9,11-12,24H,10H2,(H,26,28). The molecular weight excluding hydrogens is 371 g/mol. The highest BCUT2D eigenvalue weighted by Crippen LogP contribution is 2.33. The van der Waals surface area contributed by atoms with Gasteiger partial charge in [-0.2, -0.15) is 18.3 Å². The van der Waals surface area contributed by atoms with Gasteiger partial charge in [0, 0.05) is 11.3 Å². The lowest BCUT2D eigenvalue weighted by Crippen LogP contribution is -2.23. The largest absolute Gasteiger partial charge is 0.416 e. The molecule has 1 aromatic heterocycles. The van der Waals surface area contributed by atoms with E-state index in [9.17, 15) is 18.0 Å². The SMILES string of the molecule is C#Cc1cccc(NCC(=O)Nc2cc(C(F)(F)F)ccc2-n2cncn2)c1. The fourth-order valence-electron chi connectivity index (χ4n) is 2.44. The number of carbonyl (C=O) groups is 1. The summed E-state index contributed by atoms with van der Waals surface area (Å²) in [6, 6.07) is 9.85. The Hall–Kier alpha value is -3.80. The van der Waals surface area contributed by atoms with Crippen molar-refractivity contribution in [3.63, 3.8) is 0 Å². The summed E-state index contributed by atoms with van der Waals surface area (Å²) in [7, 11) is 0. The number of alkyl halides is 3. The van der Waals surface area contributed by atoms with Gasteiger partial charge in [0.15, 0.2) is 0 Å². The first-order valence-electron chi connectivity index (χ1n) is 8.03. The molecule has 0 atom stereocenters. The van der Waals surface area contributed by atoms with E-state index >= 15 is 0 Å². The molecule has 2 N–H and O–H groups in total. The fraction of sp³-hybridized carbons (Fsp3) is 0.105. The molecule has 0 unspecified atom stereocenters. The number of hydrogen-bond donors (Lipinski definition) is 2. The number of nitrogens with zero attached hydrogens (tertiary/aromatic N) is 3. The van der Waals surface area contributed by atoms with Crippen LogP contribution in [0.2, 0.25) is 0 Å². The molecule has 0 spiro atoms. The number of amides is 1. The summed E-state index contributed by atoms with van der Waals surface area (Å²) in [5.41, 5.74) is 0.585. The lowest BCUT2D eigenvalue weighted by molar-refractivity contribution is -0.137. The van der Waals surface area contributed by atoms with Crippen LogP contribution in [0.5, 0.6) is 0 Å². The van der Waals surface area contributed by atoms with Crippen molar-refractivity contribution in [2.24, 2.45) is 0 Å². The van der Waals surface area contributed by atoms with Crippen LogP contribution in [0.3, 0.4) is 0 Å². The Labute approximate surface area is 158 Å². The van der Waals surface area contributed by atoms with Crippen LogP contribution in [-0.2, 0) is 11.0 Å². The van der Waals surface area contributed by atoms with Crippen LogP contribution in [0.1, 0.15) is 11.1 Å². The predicted molar refractivity (Wildman–Crippen MR) is 97.9 cm³/mol. The Morgan fingerprint density at radius 3 is 2.71 bits per heavy atom. The second-order valence-electron chi connectivity index (χ2n) is 5.70. The molecule has 2 aromatic carbocycles. The van der Waals surface area contributed by atoms with Crippen LogP contribution in [0.4, 0.5) is 24.5 Å². The Morgan fingerprint density at radius 2 is 2.04 bits per heavy atom. The van der Waals surface area contributed by atoms with E-state index in [1.807, 2.05) is 0 Å². The van der Waals surface area contributed by atoms with E-state index < -0.39 is 17.6 Å². The van der Waals surface area contributed by atoms with Gasteiger partial charge in [-0.15, -0.1) is 6.42 Å². The minimum Gasteiger partial charge on any atom is -0.376 e. The molecule has 9 heteroatoms. The third-order valence-corrected chi connectivity index (χ3v) is 3.75. The van der Waals surface area contributed by atoms with E-state index in [1.165, 1.54) is 23.4 Å². The van der Waals surface area contributed by atoms with Gasteiger partial charge in [-0.3, -0.25) is 4.79 Å². The first-order valence-corrected chi connectivity index (χ1v) is 8.03. The summed E-state index contributed by atoms with van der Waals surface area (Å²) in [6.45, 7) is -0.166. The van der Waals surface area contributed by atoms with E-state index in [0.717, 1.165) is 12.1 Å². The molecule has 28 heavy (non-hydrogen) atoms. The molecule has 0 fully saturated rings. The zero-order valence-corrected chi connectivity index (χ0v) is 14.4. The van der Waals surface area contributed by atoms with E-state index in [4.69, 9.17) is 6.42 Å². The maximum Gasteiger partial charge on any atom is 0.416 e. The van der Waals surface area contributed by atoms with Gasteiger partial charge in [0.05, 0.1) is 23.5 Å². The second-order valence-corrected chi connectivity index (χ2v) is 5.70. The van der Waals surface area contributed by atoms with Crippen molar-refractivity contribution in [3.8, 4) is 18.0 Å². The van der Waals surface area contributed by atoms with Gasteiger partial charge in [-0.05, 0) is 36.4 Å². The van der Waals surface area contributed by atoms with E-state index in [0.29, 0.717) is 11.3 Å². The van der Waals surface area contributed by atoms with Gasteiger partial charge >= 0.3 is 6.18 Å². The minimum absolute atomic E-state index is 0.0375. The molecule has 3 aromatic rings. The number of halogens is 3. The predicted octanol–water partition coefficient (Wildman–Crippen LogP) is 3.32. The van der Waals surface area contributed by atoms with E-state index in [-0.39, 0.29) is 17.9 Å². The lowest BCUT2D eigenvalue weighted by atomic mass is 10.1. The first kappa shape index (κ1) is 19.0. The third kappa shape index (κ3) is 4.48. The summed E-state index contributed by atoms with van der Waals surface area (Å²) in [5.74, 6) is 1.94. The summed E-state index contributed by atoms with van der Waals surface area (Å²) < 4.78 is 40.4. The number of anilines is 2. The Morgan fingerprint density at radius 1 is 1.21 bits per heavy atom. The van der Waals surface area contributed by atoms with Gasteiger partial charge in [0.25, 0.3) is 0 Å². The average Bonchev–Trinajstić information content (AvgIpc) is 3.20. The third-order valence-electron chi connectivity index (χ3n) is 3.75. The maximum absolute atomic E-state index is 13.0. The zero-order chi connectivity index (χ0) is 20.1. The topological polar surface area (TPSA) is 71.8 Å². The van der Waals surface area contributed by atoms with Crippen LogP contribution < -0.4 is 10.6 Å². The van der Waals surface area contributed by atoms with Gasteiger partial charge in [0.2, 0.25) is 5.91 Å². The summed E-state index contributed by atoms with van der Waals surface area (Å²) in [4.78, 5) is 16.1. The molecule has 0 bridgehead atoms. The molecule has 0 radical (unpaired) electrons. The molecule has 0 saturated heterocycles. The quantitative estimate of drug-likeness (QED) is 0.661. The highest BCUT2D eigenvalue weighted by atomic mass is 19.4. The highest BCUT2D eigenvalue weighted by Gasteiger charge is 2.31. The lowest BCUT2D eigenvalue weighted by Gasteiger charge is -2.15. The molecule has 1 amide bonds. The Kier molecular flexibility index (Phi) is 5.31. The molecule has 0 aliphatic heterocycles. The highest BCUT2D eigenvalue weighted by molar-refractivity contribution is 5.95. The monoisotopic (exact) mass is 385 g/mol. The first-order chi connectivity index (χ1) is 13.4. The number of rotatable bonds is 5. The van der Waals surface area contributed by atoms with Gasteiger partial charge in [0.1, 0.15) is 12.7 Å². The summed E-state index contributed by atoms with van der Waals surface area (Å²) >= 11 is 0. The summed E-state index contributed by atoms with van der Waals surface area (Å²) in [5, 5.41) is 9.25. The zero-order valence-electron chi connectivity index (χ0n) is 14.4. The van der Waals surface area contributed by atoms with Crippen molar-refractivity contribution in [1.82, 2.24) is 14.8 Å². The van der Waals surface area contributed by atoms with Crippen molar-refractivity contribution in [1.29, 1.82) is 0 Å². The van der Waals surface area contributed by atoms with Crippen LogP contribution >= 0.6 is 0 Å². The molecule has 0 aliphatic rings. The number of hydrogen-bond acceptors (Lipinski definition) is 4. The van der Waals surface area contributed by atoms with E-state index in [2.05, 4.69) is 26.6 Å². The van der Waals surface area contributed by atoms with Crippen molar-refractivity contribution >= 4 is 17.3 Å². The number of terminal acetylenes is 1. The number of aromatic nitrogens is 3.